The molecule has 0 saturated heterocycles. The summed E-state index contributed by atoms with van der Waals surface area (Å²) >= 11 is -1.60. The second-order valence-corrected chi connectivity index (χ2v) is 14.1. The van der Waals surface area contributed by atoms with E-state index in [4.69, 9.17) is 17.7 Å². The van der Waals surface area contributed by atoms with Crippen LogP contribution in [0, 0.1) is 22.0 Å². The van der Waals surface area contributed by atoms with Crippen LogP contribution in [0.5, 0.6) is 0 Å². The number of benzene rings is 1. The summed E-state index contributed by atoms with van der Waals surface area (Å²) in [6.45, 7) is 1.38. The van der Waals surface area contributed by atoms with Crippen molar-refractivity contribution in [3.05, 3.63) is 39.9 Å². The van der Waals surface area contributed by atoms with Crippen molar-refractivity contribution in [3.8, 4) is 0 Å². The number of carbonyl (C=O) groups excluding carboxylic acids is 2. The van der Waals surface area contributed by atoms with E-state index in [2.05, 4.69) is 0 Å². The fourth-order valence-corrected chi connectivity index (χ4v) is 12.6. The van der Waals surface area contributed by atoms with Gasteiger partial charge in [0.2, 0.25) is 0 Å². The Morgan fingerprint density at radius 2 is 1.92 bits per heavy atom. The fraction of sp³-hybridized carbons (Fsp3) is 0.500. The number of halogens is 1. The number of esters is 2. The topological polar surface area (TPSA) is 95.7 Å². The molecule has 1 aromatic carbocycles. The fourth-order valence-electron chi connectivity index (χ4n) is 3.99. The molecule has 2 aliphatic carbocycles. The summed E-state index contributed by atoms with van der Waals surface area (Å²) in [7, 11) is 6.24. The minimum absolute atomic E-state index is 0.000326. The van der Waals surface area contributed by atoms with Gasteiger partial charge in [-0.25, -0.2) is 0 Å². The number of nitrogens with zero attached hydrogens (tertiary/aromatic N) is 1. The van der Waals surface area contributed by atoms with Crippen LogP contribution in [0.1, 0.15) is 30.1 Å². The summed E-state index contributed by atoms with van der Waals surface area (Å²) in [5.74, 6) is -0.481. The van der Waals surface area contributed by atoms with Crippen LogP contribution in [0.4, 0.5) is 5.69 Å². The van der Waals surface area contributed by atoms with Gasteiger partial charge < -0.3 is 0 Å². The molecule has 1 aromatic rings. The molecule has 3 rings (SSSR count). The standard InChI is InChI=1S/C16H16NO6.ClH.Hg/c1-9(18)22-14-7-10-6-13(14)15(8-10)23-16(19)11-2-4-12(5-3-11)17(20)21;;/h2-5,7,10,13-15H,6,8H2,1H3;1H;/q;;+1/p-1/t10-,13+,14+,15-;;/m1../s1. The van der Waals surface area contributed by atoms with Crippen LogP contribution in [0.25, 0.3) is 0 Å². The Bertz CT molecular complexity index is 696. The third-order valence-electron chi connectivity index (χ3n) is 5.09. The second-order valence-electron chi connectivity index (χ2n) is 6.54. The molecule has 0 radical (unpaired) electrons. The summed E-state index contributed by atoms with van der Waals surface area (Å²) in [5.41, 5.74) is 0.190. The van der Waals surface area contributed by atoms with Crippen LogP contribution in [-0.4, -0.2) is 29.1 Å². The van der Waals surface area contributed by atoms with Crippen LogP contribution >= 0.6 is 8.25 Å². The molecule has 0 heterocycles. The Balaban J connectivity index is 1.68. The number of nitro benzene ring substituents is 1. The first kappa shape index (κ1) is 18.6. The zero-order valence-corrected chi connectivity index (χ0v) is 19.8. The quantitative estimate of drug-likeness (QED) is 0.240. The zero-order valence-electron chi connectivity index (χ0n) is 13.6. The number of nitro groups is 1. The molecule has 7 nitrogen and oxygen atoms in total. The van der Waals surface area contributed by atoms with Crippen LogP contribution < -0.4 is 0 Å². The Labute approximate surface area is 160 Å². The second kappa shape index (κ2) is 7.57. The van der Waals surface area contributed by atoms with Gasteiger partial charge in [0.25, 0.3) is 0 Å². The SMILES string of the molecule is CC(=O)O[C@@H]1[C@@H]2C[C@@H](C[C@H]2OC(=O)c2ccc([N+](=O)[O-])cc2)[C@@H]1[Hg][Cl]. The van der Waals surface area contributed by atoms with Gasteiger partial charge in [-0.2, -0.15) is 0 Å². The Kier molecular flexibility index (Phi) is 5.63. The number of hydrogen-bond donors (Lipinski definition) is 0. The van der Waals surface area contributed by atoms with Gasteiger partial charge in [0.05, 0.1) is 0 Å². The van der Waals surface area contributed by atoms with E-state index < -0.39 is 34.2 Å². The summed E-state index contributed by atoms with van der Waals surface area (Å²) in [5, 5.41) is 10.7. The van der Waals surface area contributed by atoms with Crippen molar-refractivity contribution in [2.75, 3.05) is 0 Å². The van der Waals surface area contributed by atoms with Crippen molar-refractivity contribution in [2.45, 2.75) is 35.4 Å². The van der Waals surface area contributed by atoms with E-state index in [-0.39, 0.29) is 35.3 Å². The molecule has 130 valence electrons. The van der Waals surface area contributed by atoms with Gasteiger partial charge in [0.15, 0.2) is 0 Å². The number of non-ortho nitro benzene ring substituents is 1. The monoisotopic (exact) mass is 555 g/mol. The van der Waals surface area contributed by atoms with Crippen molar-refractivity contribution in [1.82, 2.24) is 0 Å². The van der Waals surface area contributed by atoms with Crippen molar-refractivity contribution < 1.29 is 47.3 Å². The first-order valence-electron chi connectivity index (χ1n) is 8.09. The van der Waals surface area contributed by atoms with Crippen LogP contribution in [0.3, 0.4) is 0 Å². The summed E-state index contributed by atoms with van der Waals surface area (Å²) in [6, 6.07) is 5.32. The van der Waals surface area contributed by atoms with Crippen molar-refractivity contribution in [3.63, 3.8) is 0 Å². The van der Waals surface area contributed by atoms with E-state index in [1.54, 1.807) is 0 Å². The normalized spacial score (nSPS) is 29.8. The zero-order chi connectivity index (χ0) is 18.1. The van der Waals surface area contributed by atoms with Crippen LogP contribution in [-0.2, 0) is 37.6 Å². The van der Waals surface area contributed by atoms with Gasteiger partial charge in [0, 0.05) is 0 Å². The molecule has 0 aliphatic heterocycles. The third-order valence-corrected chi connectivity index (χ3v) is 14.0. The molecule has 25 heavy (non-hydrogen) atoms. The van der Waals surface area contributed by atoms with Crippen LogP contribution in [0.2, 0.25) is 3.43 Å². The molecule has 0 amide bonds. The molecule has 9 heteroatoms. The number of fused-ring (bicyclic) bond motifs is 2. The summed E-state index contributed by atoms with van der Waals surface area (Å²) < 4.78 is 11.4. The van der Waals surface area contributed by atoms with Crippen molar-refractivity contribution in [1.29, 1.82) is 0 Å². The number of ether oxygens (including phenoxy) is 2. The summed E-state index contributed by atoms with van der Waals surface area (Å²) in [6.07, 6.45) is 1.08. The molecule has 2 aliphatic rings. The third kappa shape index (κ3) is 3.82. The van der Waals surface area contributed by atoms with E-state index in [0.29, 0.717) is 9.34 Å². The maximum absolute atomic E-state index is 12.3. The van der Waals surface area contributed by atoms with Crippen molar-refractivity contribution >= 4 is 25.9 Å². The predicted octanol–water partition coefficient (Wildman–Crippen LogP) is 3.12. The Morgan fingerprint density at radius 3 is 2.48 bits per heavy atom. The number of carbonyl (C=O) groups is 2. The van der Waals surface area contributed by atoms with E-state index in [1.165, 1.54) is 31.2 Å². The summed E-state index contributed by atoms with van der Waals surface area (Å²) in [4.78, 5) is 33.9. The van der Waals surface area contributed by atoms with Gasteiger partial charge >= 0.3 is 160 Å². The maximum atomic E-state index is 12.3. The van der Waals surface area contributed by atoms with Gasteiger partial charge in [-0.05, 0) is 0 Å². The predicted molar refractivity (Wildman–Crippen MR) is 83.7 cm³/mol. The molecule has 2 fully saturated rings. The molecule has 5 atom stereocenters. The van der Waals surface area contributed by atoms with Gasteiger partial charge in [-0.3, -0.25) is 0 Å². The number of hydrogen-bond acceptors (Lipinski definition) is 6. The van der Waals surface area contributed by atoms with E-state index in [1.807, 2.05) is 0 Å². The van der Waals surface area contributed by atoms with Crippen LogP contribution in [0.15, 0.2) is 24.3 Å². The molecular formula is C16H16ClHgNO6. The molecule has 2 bridgehead atoms. The molecule has 2 saturated carbocycles. The van der Waals surface area contributed by atoms with Gasteiger partial charge in [-0.1, -0.05) is 0 Å². The number of rotatable bonds is 5. The van der Waals surface area contributed by atoms with E-state index >= 15 is 0 Å². The molecule has 0 unspecified atom stereocenters. The van der Waals surface area contributed by atoms with Gasteiger partial charge in [0.1, 0.15) is 0 Å². The molecule has 0 spiro atoms. The molecular weight excluding hydrogens is 538 g/mol. The average molecular weight is 554 g/mol. The average Bonchev–Trinajstić information content (AvgIpc) is 3.11. The molecule has 0 N–H and O–H groups in total. The van der Waals surface area contributed by atoms with Gasteiger partial charge in [-0.15, -0.1) is 0 Å². The van der Waals surface area contributed by atoms with E-state index in [0.717, 1.165) is 12.8 Å². The minimum atomic E-state index is -1.60. The first-order valence-corrected chi connectivity index (χ1v) is 18.0. The van der Waals surface area contributed by atoms with E-state index in [9.17, 15) is 19.7 Å². The Morgan fingerprint density at radius 1 is 1.24 bits per heavy atom. The Hall–Kier alpha value is -1.21. The molecule has 0 aromatic heterocycles. The first-order chi connectivity index (χ1) is 11.9. The van der Waals surface area contributed by atoms with Crippen molar-refractivity contribution in [2.24, 2.45) is 11.8 Å².